The number of para-hydroxylation sites is 3. The smallest absolute Gasteiger partial charge is 0.345 e. The minimum Gasteiger partial charge on any atom is -0.345 e. The first-order valence-corrected chi connectivity index (χ1v) is 34.5. The van der Waals surface area contributed by atoms with E-state index in [0.29, 0.717) is 39.8 Å². The topological polar surface area (TPSA) is 229 Å². The van der Waals surface area contributed by atoms with Crippen molar-refractivity contribution in [2.24, 2.45) is 5.73 Å². The Kier molecular flexibility index (Phi) is 22.2. The van der Waals surface area contributed by atoms with Crippen LogP contribution in [-0.4, -0.2) is 74.5 Å². The molecule has 1 amide bonds. The maximum atomic E-state index is 13.6. The average molecular weight is 1350 g/mol. The number of carbonyl (C=O) groups is 1. The van der Waals surface area contributed by atoms with E-state index in [9.17, 15) is 51.6 Å². The number of aromatic nitrogens is 3. The summed E-state index contributed by atoms with van der Waals surface area (Å²) in [5, 5.41) is 6.02. The van der Waals surface area contributed by atoms with Gasteiger partial charge in [0, 0.05) is 76.3 Å². The molecule has 0 bridgehead atoms. The van der Waals surface area contributed by atoms with E-state index in [2.05, 4.69) is 9.71 Å². The molecule has 5 N–H and O–H groups in total. The number of nitrogens with zero attached hydrogens (tertiary/aromatic N) is 2. The van der Waals surface area contributed by atoms with Crippen LogP contribution in [0.1, 0.15) is 74.1 Å². The van der Waals surface area contributed by atoms with Crippen molar-refractivity contribution in [2.75, 3.05) is 6.26 Å². The molecule has 0 saturated carbocycles. The summed E-state index contributed by atoms with van der Waals surface area (Å²) < 4.78 is 146. The van der Waals surface area contributed by atoms with Crippen LogP contribution in [0.15, 0.2) is 242 Å². The zero-order valence-corrected chi connectivity index (χ0v) is 53.4. The van der Waals surface area contributed by atoms with Crippen LogP contribution in [0.2, 0.25) is 10.0 Å². The fraction of sp³-hybridized carbons (Fsp3) is 0.167. The maximum absolute atomic E-state index is 13.6. The molecule has 25 heteroatoms. The lowest BCUT2D eigenvalue weighted by Gasteiger charge is -2.16. The number of nitrogens with one attached hydrogen (secondary N) is 3. The third-order valence-corrected chi connectivity index (χ3v) is 21.0. The van der Waals surface area contributed by atoms with Gasteiger partial charge < -0.3 is 25.2 Å². The fourth-order valence-corrected chi connectivity index (χ4v) is 15.1. The number of aromatic amines is 1. The van der Waals surface area contributed by atoms with E-state index in [-0.39, 0.29) is 51.6 Å². The van der Waals surface area contributed by atoms with Gasteiger partial charge in [0.05, 0.1) is 27.0 Å². The first-order valence-electron chi connectivity index (χ1n) is 27.4. The summed E-state index contributed by atoms with van der Waals surface area (Å²) in [5.74, 6) is -2.05. The molecule has 3 atom stereocenters. The Bertz CT molecular complexity index is 4810. The van der Waals surface area contributed by atoms with Gasteiger partial charge in [-0.25, -0.2) is 38.4 Å². The molecule has 0 aliphatic carbocycles. The molecule has 15 nitrogen and oxygen atoms in total. The highest BCUT2D eigenvalue weighted by Gasteiger charge is 2.39. The molecule has 3 radical (unpaired) electrons. The Morgan fingerprint density at radius 2 is 0.890 bits per heavy atom. The number of sulfone groups is 3. The van der Waals surface area contributed by atoms with E-state index in [1.807, 2.05) is 102 Å². The van der Waals surface area contributed by atoms with Gasteiger partial charge in [0.1, 0.15) is 15.1 Å². The molecular formula is C66H63BCl2F3N6O9S4. The second-order valence-electron chi connectivity index (χ2n) is 21.0. The highest BCUT2D eigenvalue weighted by Crippen LogP contribution is 2.33. The van der Waals surface area contributed by atoms with Gasteiger partial charge in [-0.05, 0) is 146 Å². The number of H-pyrrole nitrogens is 1. The number of rotatable bonds is 16. The second-order valence-corrected chi connectivity index (χ2v) is 29.4. The molecular weight excluding hydrogens is 1290 g/mol. The first-order chi connectivity index (χ1) is 42.0. The molecule has 11 aromatic rings. The number of amides is 1. The van der Waals surface area contributed by atoms with E-state index >= 15 is 0 Å². The average Bonchev–Trinajstić information content (AvgIpc) is 1.68. The van der Waals surface area contributed by atoms with Crippen LogP contribution < -0.4 is 15.8 Å². The standard InChI is InChI=1S/C24H23ClN2O4S2.C23H21ClN2O2S.C18H15F3N2O3S.CH4.B/c1-17(26-32(2,28)29)19-9-13-22(14-10-19)33(30,31)24-15-20-5-3-4-6-23(20)27(24)16-18-7-11-21(25)12-8-18;1-16(25)18-8-12-21(13-9-18)29(27,28)23-14-19-4-2-3-5-22(19)26(23)15-17-6-10-20(24)11-7-17;1-11(22-17(24)18(19,20)21)12-6-8-14(9-7-12)27(25,26)16-10-13-4-2-3-5-15(13)23-16;;/h3-15,17,26H,16H2,1-2H3;2-14,16H,15,25H2,1H3;2-11,23H,1H3,(H,22,24);1H4;/t17-;16-;11-;;/m000../s1. The molecule has 0 unspecified atom stereocenters. The number of fused-ring (bicyclic) bond motifs is 3. The summed E-state index contributed by atoms with van der Waals surface area (Å²) in [5.41, 5.74) is 12.1. The number of hydrogen-bond acceptors (Lipinski definition) is 10. The van der Waals surface area contributed by atoms with Crippen molar-refractivity contribution in [3.8, 4) is 0 Å². The van der Waals surface area contributed by atoms with Gasteiger partial charge in [-0.3, -0.25) is 4.79 Å². The Labute approximate surface area is 539 Å². The largest absolute Gasteiger partial charge is 0.471 e. The Morgan fingerprint density at radius 1 is 0.516 bits per heavy atom. The highest BCUT2D eigenvalue weighted by atomic mass is 35.5. The van der Waals surface area contributed by atoms with E-state index in [0.717, 1.165) is 50.1 Å². The van der Waals surface area contributed by atoms with Crippen molar-refractivity contribution in [3.05, 3.63) is 250 Å². The zero-order chi connectivity index (χ0) is 64.2. The molecule has 3 aromatic heterocycles. The van der Waals surface area contributed by atoms with E-state index in [1.165, 1.54) is 49.4 Å². The summed E-state index contributed by atoms with van der Waals surface area (Å²) in [6.45, 7) is 5.75. The Balaban J connectivity index is 0.000000193. The quantitative estimate of drug-likeness (QED) is 0.0669. The van der Waals surface area contributed by atoms with Crippen LogP contribution in [0.5, 0.6) is 0 Å². The predicted molar refractivity (Wildman–Crippen MR) is 353 cm³/mol. The van der Waals surface area contributed by atoms with Gasteiger partial charge in [-0.2, -0.15) is 13.2 Å². The summed E-state index contributed by atoms with van der Waals surface area (Å²) in [6, 6.07) is 58.8. The van der Waals surface area contributed by atoms with Crippen molar-refractivity contribution in [3.63, 3.8) is 0 Å². The Morgan fingerprint density at radius 3 is 1.29 bits per heavy atom. The molecule has 91 heavy (non-hydrogen) atoms. The monoisotopic (exact) mass is 1350 g/mol. The molecule has 8 aromatic carbocycles. The lowest BCUT2D eigenvalue weighted by molar-refractivity contribution is -0.174. The van der Waals surface area contributed by atoms with E-state index in [4.69, 9.17) is 28.9 Å². The van der Waals surface area contributed by atoms with Gasteiger partial charge in [0.25, 0.3) is 0 Å². The van der Waals surface area contributed by atoms with Crippen LogP contribution in [-0.2, 0) is 57.4 Å². The molecule has 0 aliphatic rings. The van der Waals surface area contributed by atoms with Gasteiger partial charge in [-0.1, -0.05) is 146 Å². The molecule has 0 saturated heterocycles. The van der Waals surface area contributed by atoms with Crippen molar-refractivity contribution >= 4 is 110 Å². The van der Waals surface area contributed by atoms with Crippen LogP contribution >= 0.6 is 23.2 Å². The normalized spacial score (nSPS) is 12.9. The number of hydrogen-bond donors (Lipinski definition) is 4. The number of nitrogens with two attached hydrogens (primary N) is 1. The van der Waals surface area contributed by atoms with Crippen LogP contribution in [0.3, 0.4) is 0 Å². The molecule has 0 aliphatic heterocycles. The van der Waals surface area contributed by atoms with Crippen LogP contribution in [0.4, 0.5) is 13.2 Å². The predicted octanol–water partition coefficient (Wildman–Crippen LogP) is 14.0. The van der Waals surface area contributed by atoms with Crippen molar-refractivity contribution in [1.82, 2.24) is 24.2 Å². The fourth-order valence-electron chi connectivity index (χ4n) is 9.82. The van der Waals surface area contributed by atoms with Gasteiger partial charge >= 0.3 is 12.1 Å². The zero-order valence-electron chi connectivity index (χ0n) is 48.6. The number of carbonyl (C=O) groups excluding carboxylic acids is 1. The van der Waals surface area contributed by atoms with Gasteiger partial charge in [0.2, 0.25) is 39.5 Å². The van der Waals surface area contributed by atoms with E-state index < -0.39 is 63.7 Å². The number of halogens is 5. The lowest BCUT2D eigenvalue weighted by atomic mass is 10.1. The summed E-state index contributed by atoms with van der Waals surface area (Å²) >= 11 is 12.0. The molecule has 11 rings (SSSR count). The Hall–Kier alpha value is -8.00. The third kappa shape index (κ3) is 16.6. The molecule has 0 spiro atoms. The maximum Gasteiger partial charge on any atom is 0.471 e. The van der Waals surface area contributed by atoms with Crippen LogP contribution in [0.25, 0.3) is 32.7 Å². The minimum atomic E-state index is -4.98. The molecule has 3 heterocycles. The van der Waals surface area contributed by atoms with Gasteiger partial charge in [0.15, 0.2) is 0 Å². The van der Waals surface area contributed by atoms with Crippen LogP contribution in [0, 0.1) is 0 Å². The van der Waals surface area contributed by atoms with Crippen molar-refractivity contribution in [2.45, 2.75) is 95.4 Å². The highest BCUT2D eigenvalue weighted by molar-refractivity contribution is 7.92. The summed E-state index contributed by atoms with van der Waals surface area (Å²) in [4.78, 5) is 14.2. The number of sulfonamides is 1. The van der Waals surface area contributed by atoms with Crippen molar-refractivity contribution < 1.29 is 51.6 Å². The SMILES string of the molecule is C.C[C@H](N)c1ccc(S(=O)(=O)c2cc3ccccc3n2Cc2ccc(Cl)cc2)cc1.C[C@H](NC(=O)C(F)(F)F)c1ccc(S(=O)(=O)c2cc3ccccc3[nH]2)cc1.C[C@H](NS(C)(=O)=O)c1ccc(S(=O)(=O)c2cc3ccccc3n2Cc2ccc(Cl)cc2)cc1.[B]. The number of benzene rings is 8. The summed E-state index contributed by atoms with van der Waals surface area (Å²) in [7, 11) is -14.7. The van der Waals surface area contributed by atoms with Gasteiger partial charge in [-0.15, -0.1) is 0 Å². The molecule has 473 valence electrons. The summed E-state index contributed by atoms with van der Waals surface area (Å²) in [6.07, 6.45) is -3.89. The third-order valence-electron chi connectivity index (χ3n) is 14.5. The van der Waals surface area contributed by atoms with E-state index in [1.54, 1.807) is 96.4 Å². The van der Waals surface area contributed by atoms with Crippen molar-refractivity contribution in [1.29, 1.82) is 0 Å². The molecule has 0 fully saturated rings. The number of alkyl halides is 3. The minimum absolute atomic E-state index is 0. The lowest BCUT2D eigenvalue weighted by Crippen LogP contribution is -2.38. The first kappa shape index (κ1) is 70.5. The second kappa shape index (κ2) is 28.7.